The third kappa shape index (κ3) is 2.98. The van der Waals surface area contributed by atoms with Gasteiger partial charge in [0.25, 0.3) is 5.91 Å². The van der Waals surface area contributed by atoms with Crippen LogP contribution >= 0.6 is 15.9 Å². The number of amides is 1. The molecule has 0 fully saturated rings. The molecule has 3 aromatic rings. The summed E-state index contributed by atoms with van der Waals surface area (Å²) < 4.78 is 26.7. The Bertz CT molecular complexity index is 1200. The molecule has 4 rings (SSSR count). The molecule has 0 bridgehead atoms. The van der Waals surface area contributed by atoms with Crippen molar-refractivity contribution < 1.29 is 18.0 Å². The van der Waals surface area contributed by atoms with Crippen LogP contribution in [0, 0.1) is 0 Å². The largest absolute Gasteiger partial charge is 0.322 e. The number of hydrogen-bond donors (Lipinski definition) is 1. The van der Waals surface area contributed by atoms with Crippen molar-refractivity contribution in [3.05, 3.63) is 87.9 Å². The minimum atomic E-state index is -3.88. The molecule has 1 N–H and O–H groups in total. The van der Waals surface area contributed by atoms with Gasteiger partial charge in [0.05, 0.1) is 9.79 Å². The van der Waals surface area contributed by atoms with E-state index in [1.165, 1.54) is 30.3 Å². The van der Waals surface area contributed by atoms with Gasteiger partial charge < -0.3 is 5.32 Å². The van der Waals surface area contributed by atoms with Gasteiger partial charge in [0.15, 0.2) is 5.78 Å². The van der Waals surface area contributed by atoms with Crippen molar-refractivity contribution in [2.24, 2.45) is 0 Å². The molecule has 1 aliphatic rings. The summed E-state index contributed by atoms with van der Waals surface area (Å²) in [5.41, 5.74) is 0.962. The Balaban J connectivity index is 1.75. The molecule has 0 aliphatic carbocycles. The number of carbonyl (C=O) groups is 2. The molecule has 27 heavy (non-hydrogen) atoms. The second-order valence-corrected chi connectivity index (χ2v) is 8.80. The number of rotatable bonds is 2. The number of carbonyl (C=O) groups excluding carboxylic acids is 2. The lowest BCUT2D eigenvalue weighted by Crippen LogP contribution is -2.21. The van der Waals surface area contributed by atoms with E-state index >= 15 is 0 Å². The third-order valence-corrected chi connectivity index (χ3v) is 6.68. The van der Waals surface area contributed by atoms with Gasteiger partial charge in [-0.1, -0.05) is 28.1 Å². The van der Waals surface area contributed by atoms with Crippen LogP contribution in [0.25, 0.3) is 0 Å². The zero-order chi connectivity index (χ0) is 19.2. The Kier molecular flexibility index (Phi) is 4.20. The zero-order valence-corrected chi connectivity index (χ0v) is 16.2. The molecule has 0 aromatic heterocycles. The van der Waals surface area contributed by atoms with E-state index in [0.29, 0.717) is 5.69 Å². The van der Waals surface area contributed by atoms with Crippen LogP contribution < -0.4 is 5.32 Å². The fraction of sp³-hybridized carbons (Fsp3) is 0. The van der Waals surface area contributed by atoms with Gasteiger partial charge in [0, 0.05) is 26.9 Å². The predicted octanol–water partition coefficient (Wildman–Crippen LogP) is 4.08. The van der Waals surface area contributed by atoms with Crippen LogP contribution in [0.3, 0.4) is 0 Å². The molecular weight excluding hydrogens is 430 g/mol. The van der Waals surface area contributed by atoms with E-state index in [4.69, 9.17) is 0 Å². The van der Waals surface area contributed by atoms with Crippen LogP contribution in [-0.2, 0) is 9.84 Å². The second-order valence-electron chi connectivity index (χ2n) is 6.00. The SMILES string of the molecule is O=C(Nc1ccc(Br)cc1)c1ccc2c(c1)S(=O)(=O)c1ccccc1C2=O. The number of anilines is 1. The Labute approximate surface area is 164 Å². The highest BCUT2D eigenvalue weighted by molar-refractivity contribution is 9.10. The van der Waals surface area contributed by atoms with Gasteiger partial charge in [0.2, 0.25) is 9.84 Å². The lowest BCUT2D eigenvalue weighted by atomic mass is 10.0. The van der Waals surface area contributed by atoms with Gasteiger partial charge in [-0.25, -0.2) is 8.42 Å². The average molecular weight is 442 g/mol. The highest BCUT2D eigenvalue weighted by Crippen LogP contribution is 2.34. The van der Waals surface area contributed by atoms with Crippen LogP contribution in [0.5, 0.6) is 0 Å². The van der Waals surface area contributed by atoms with E-state index in [0.717, 1.165) is 4.47 Å². The van der Waals surface area contributed by atoms with Crippen LogP contribution in [0.4, 0.5) is 5.69 Å². The van der Waals surface area contributed by atoms with Gasteiger partial charge in [-0.15, -0.1) is 0 Å². The molecule has 5 nitrogen and oxygen atoms in total. The molecular formula is C20H12BrNO4S. The van der Waals surface area contributed by atoms with Gasteiger partial charge in [-0.05, 0) is 54.6 Å². The third-order valence-electron chi connectivity index (χ3n) is 4.30. The number of ketones is 1. The van der Waals surface area contributed by atoms with Crippen LogP contribution in [0.15, 0.2) is 81.0 Å². The maximum atomic E-state index is 12.9. The minimum Gasteiger partial charge on any atom is -0.322 e. The van der Waals surface area contributed by atoms with E-state index in [9.17, 15) is 18.0 Å². The van der Waals surface area contributed by atoms with E-state index in [-0.39, 0.29) is 32.3 Å². The van der Waals surface area contributed by atoms with Crippen molar-refractivity contribution in [3.8, 4) is 0 Å². The van der Waals surface area contributed by atoms with E-state index < -0.39 is 15.7 Å². The maximum Gasteiger partial charge on any atom is 0.255 e. The molecule has 3 aromatic carbocycles. The van der Waals surface area contributed by atoms with E-state index in [1.807, 2.05) is 0 Å². The first-order valence-corrected chi connectivity index (χ1v) is 10.3. The number of halogens is 1. The average Bonchev–Trinajstić information content (AvgIpc) is 2.68. The van der Waals surface area contributed by atoms with Crippen molar-refractivity contribution in [2.45, 2.75) is 9.79 Å². The first-order chi connectivity index (χ1) is 12.9. The molecule has 0 atom stereocenters. The van der Waals surface area contributed by atoms with Gasteiger partial charge in [-0.2, -0.15) is 0 Å². The van der Waals surface area contributed by atoms with Crippen molar-refractivity contribution in [1.29, 1.82) is 0 Å². The molecule has 0 spiro atoms. The summed E-state index contributed by atoms with van der Waals surface area (Å²) in [6.07, 6.45) is 0. The molecule has 7 heteroatoms. The summed E-state index contributed by atoms with van der Waals surface area (Å²) in [4.78, 5) is 25.0. The molecule has 1 heterocycles. The fourth-order valence-electron chi connectivity index (χ4n) is 2.96. The Hall–Kier alpha value is -2.77. The summed E-state index contributed by atoms with van der Waals surface area (Å²) in [5, 5.41) is 2.71. The molecule has 1 amide bonds. The topological polar surface area (TPSA) is 80.3 Å². The lowest BCUT2D eigenvalue weighted by Gasteiger charge is -2.19. The Morgan fingerprint density at radius 1 is 0.852 bits per heavy atom. The summed E-state index contributed by atoms with van der Waals surface area (Å²) in [5.74, 6) is -0.822. The number of fused-ring (bicyclic) bond motifs is 2. The highest BCUT2D eigenvalue weighted by Gasteiger charge is 2.34. The summed E-state index contributed by atoms with van der Waals surface area (Å²) in [7, 11) is -3.88. The summed E-state index contributed by atoms with van der Waals surface area (Å²) in [6, 6.07) is 17.2. The van der Waals surface area contributed by atoms with Crippen LogP contribution in [0.1, 0.15) is 26.3 Å². The Morgan fingerprint density at radius 2 is 1.52 bits per heavy atom. The smallest absolute Gasteiger partial charge is 0.255 e. The number of nitrogens with one attached hydrogen (secondary N) is 1. The lowest BCUT2D eigenvalue weighted by molar-refractivity contribution is 0.101. The van der Waals surface area contributed by atoms with E-state index in [2.05, 4.69) is 21.2 Å². The standard InChI is InChI=1S/C20H12BrNO4S/c21-13-6-8-14(9-7-13)22-20(24)12-5-10-16-18(11-12)27(25,26)17-4-2-1-3-15(17)19(16)23/h1-11H,(H,22,24). The molecule has 0 unspecified atom stereocenters. The highest BCUT2D eigenvalue weighted by atomic mass is 79.9. The predicted molar refractivity (Wildman–Crippen MR) is 104 cm³/mol. The maximum absolute atomic E-state index is 12.9. The number of sulfone groups is 1. The second kappa shape index (κ2) is 6.44. The fourth-order valence-corrected chi connectivity index (χ4v) is 4.90. The van der Waals surface area contributed by atoms with E-state index in [1.54, 1.807) is 36.4 Å². The summed E-state index contributed by atoms with van der Waals surface area (Å²) >= 11 is 3.32. The van der Waals surface area contributed by atoms with Crippen LogP contribution in [0.2, 0.25) is 0 Å². The summed E-state index contributed by atoms with van der Waals surface area (Å²) in [6.45, 7) is 0. The zero-order valence-electron chi connectivity index (χ0n) is 13.8. The van der Waals surface area contributed by atoms with Crippen molar-refractivity contribution >= 4 is 43.1 Å². The normalized spacial score (nSPS) is 14.2. The number of benzene rings is 3. The molecule has 0 radical (unpaired) electrons. The van der Waals surface area contributed by atoms with Crippen molar-refractivity contribution in [3.63, 3.8) is 0 Å². The van der Waals surface area contributed by atoms with Gasteiger partial charge >= 0.3 is 0 Å². The van der Waals surface area contributed by atoms with Gasteiger partial charge in [0.1, 0.15) is 0 Å². The monoisotopic (exact) mass is 441 g/mol. The molecule has 0 saturated heterocycles. The van der Waals surface area contributed by atoms with Gasteiger partial charge in [-0.3, -0.25) is 9.59 Å². The molecule has 134 valence electrons. The Morgan fingerprint density at radius 3 is 2.26 bits per heavy atom. The van der Waals surface area contributed by atoms with Crippen LogP contribution in [-0.4, -0.2) is 20.1 Å². The first kappa shape index (κ1) is 17.6. The van der Waals surface area contributed by atoms with Crippen molar-refractivity contribution in [1.82, 2.24) is 0 Å². The molecule has 0 saturated carbocycles. The molecule has 1 aliphatic heterocycles. The first-order valence-electron chi connectivity index (χ1n) is 7.98. The minimum absolute atomic E-state index is 0.0343. The number of hydrogen-bond acceptors (Lipinski definition) is 4. The quantitative estimate of drug-likeness (QED) is 0.508. The van der Waals surface area contributed by atoms with Crippen molar-refractivity contribution in [2.75, 3.05) is 5.32 Å².